The summed E-state index contributed by atoms with van der Waals surface area (Å²) in [6, 6.07) is 11.6. The minimum atomic E-state index is 0.222. The lowest BCUT2D eigenvalue weighted by molar-refractivity contribution is 0.409. The number of hydrogen-bond donors (Lipinski definition) is 1. The van der Waals surface area contributed by atoms with E-state index in [2.05, 4.69) is 21.5 Å². The molecule has 1 aromatic carbocycles. The number of thioether (sulfide) groups is 1. The summed E-state index contributed by atoms with van der Waals surface area (Å²) >= 11 is 1.42. The van der Waals surface area contributed by atoms with Crippen molar-refractivity contribution in [1.82, 2.24) is 15.5 Å². The second-order valence-corrected chi connectivity index (χ2v) is 4.38. The molecular weight excluding hydrogens is 260 g/mol. The van der Waals surface area contributed by atoms with Gasteiger partial charge in [0.2, 0.25) is 5.82 Å². The Labute approximate surface area is 115 Å². The van der Waals surface area contributed by atoms with Gasteiger partial charge in [0.05, 0.1) is 5.03 Å². The molecule has 0 atom stereocenters. The summed E-state index contributed by atoms with van der Waals surface area (Å²) in [5.41, 5.74) is 1.20. The van der Waals surface area contributed by atoms with E-state index in [1.807, 2.05) is 36.6 Å². The van der Waals surface area contributed by atoms with Crippen molar-refractivity contribution in [3.05, 3.63) is 41.3 Å². The molecule has 19 heavy (non-hydrogen) atoms. The smallest absolute Gasteiger partial charge is 0.271 e. The Morgan fingerprint density at radius 3 is 2.68 bits per heavy atom. The zero-order valence-electron chi connectivity index (χ0n) is 10.5. The van der Waals surface area contributed by atoms with Crippen LogP contribution in [0.2, 0.25) is 0 Å². The molecule has 0 aliphatic carbocycles. The van der Waals surface area contributed by atoms with Crippen molar-refractivity contribution in [2.75, 3.05) is 13.3 Å². The molecule has 0 unspecified atom stereocenters. The number of allylic oxidation sites excluding steroid dienone is 1. The molecule has 1 N–H and O–H groups in total. The predicted octanol–water partition coefficient (Wildman–Crippen LogP) is 2.51. The van der Waals surface area contributed by atoms with Gasteiger partial charge in [-0.25, -0.2) is 0 Å². The van der Waals surface area contributed by atoms with Gasteiger partial charge >= 0.3 is 0 Å². The quantitative estimate of drug-likeness (QED) is 0.862. The van der Waals surface area contributed by atoms with Gasteiger partial charge in [0.1, 0.15) is 11.6 Å². The van der Waals surface area contributed by atoms with Gasteiger partial charge in [-0.1, -0.05) is 35.5 Å². The SMILES string of the molecule is CN/C(SC)=C(\C#N)c1nc(-c2ccccc2)no1. The van der Waals surface area contributed by atoms with Crippen LogP contribution in [-0.4, -0.2) is 23.4 Å². The Balaban J connectivity index is 2.42. The summed E-state index contributed by atoms with van der Waals surface area (Å²) in [6.45, 7) is 0. The van der Waals surface area contributed by atoms with E-state index < -0.39 is 0 Å². The van der Waals surface area contributed by atoms with Crippen molar-refractivity contribution in [1.29, 1.82) is 5.26 Å². The third kappa shape index (κ3) is 2.77. The summed E-state index contributed by atoms with van der Waals surface area (Å²) in [4.78, 5) is 4.26. The van der Waals surface area contributed by atoms with Crippen LogP contribution in [0.1, 0.15) is 5.89 Å². The molecule has 2 rings (SSSR count). The van der Waals surface area contributed by atoms with Gasteiger partial charge in [-0.3, -0.25) is 0 Å². The maximum absolute atomic E-state index is 9.20. The lowest BCUT2D eigenvalue weighted by atomic mass is 10.2. The molecule has 6 heteroatoms. The molecule has 0 saturated carbocycles. The third-order valence-electron chi connectivity index (χ3n) is 2.44. The van der Waals surface area contributed by atoms with Crippen LogP contribution in [0, 0.1) is 11.3 Å². The predicted molar refractivity (Wildman–Crippen MR) is 74.8 cm³/mol. The zero-order chi connectivity index (χ0) is 13.7. The highest BCUT2D eigenvalue weighted by atomic mass is 32.2. The number of benzene rings is 1. The fourth-order valence-corrected chi connectivity index (χ4v) is 2.10. The fourth-order valence-electron chi connectivity index (χ4n) is 1.55. The maximum atomic E-state index is 9.20. The molecule has 0 aliphatic heterocycles. The average molecular weight is 272 g/mol. The first kappa shape index (κ1) is 13.2. The highest BCUT2D eigenvalue weighted by Crippen LogP contribution is 2.23. The molecule has 0 amide bonds. The van der Waals surface area contributed by atoms with E-state index >= 15 is 0 Å². The molecule has 0 spiro atoms. The van der Waals surface area contributed by atoms with Crippen LogP contribution in [0.15, 0.2) is 39.9 Å². The van der Waals surface area contributed by atoms with Crippen molar-refractivity contribution in [2.45, 2.75) is 0 Å². The molecular formula is C13H12N4OS. The first-order valence-electron chi connectivity index (χ1n) is 5.55. The monoisotopic (exact) mass is 272 g/mol. The Morgan fingerprint density at radius 2 is 2.11 bits per heavy atom. The Morgan fingerprint density at radius 1 is 1.37 bits per heavy atom. The van der Waals surface area contributed by atoms with Crippen LogP contribution in [-0.2, 0) is 0 Å². The number of rotatable bonds is 4. The van der Waals surface area contributed by atoms with Crippen molar-refractivity contribution in [3.8, 4) is 17.5 Å². The largest absolute Gasteiger partial charge is 0.382 e. The number of nitriles is 1. The minimum absolute atomic E-state index is 0.222. The highest BCUT2D eigenvalue weighted by Gasteiger charge is 2.16. The van der Waals surface area contributed by atoms with Crippen LogP contribution in [0.4, 0.5) is 0 Å². The molecule has 0 aliphatic rings. The zero-order valence-corrected chi connectivity index (χ0v) is 11.4. The third-order valence-corrected chi connectivity index (χ3v) is 3.26. The molecule has 2 aromatic rings. The standard InChI is InChI=1S/C13H12N4OS/c1-15-13(19-2)10(8-14)12-16-11(17-18-12)9-6-4-3-5-7-9/h3-7,15H,1-2H3/b13-10-. The average Bonchev–Trinajstić information content (AvgIpc) is 2.95. The van der Waals surface area contributed by atoms with E-state index in [0.717, 1.165) is 5.56 Å². The van der Waals surface area contributed by atoms with Gasteiger partial charge in [-0.05, 0) is 6.26 Å². The normalized spacial score (nSPS) is 11.6. The van der Waals surface area contributed by atoms with Crippen molar-refractivity contribution in [3.63, 3.8) is 0 Å². The molecule has 0 bridgehead atoms. The molecule has 96 valence electrons. The Bertz CT molecular complexity index is 622. The number of nitrogens with one attached hydrogen (secondary N) is 1. The molecule has 5 nitrogen and oxygen atoms in total. The summed E-state index contributed by atoms with van der Waals surface area (Å²) in [6.07, 6.45) is 1.87. The van der Waals surface area contributed by atoms with Crippen LogP contribution in [0.3, 0.4) is 0 Å². The molecule has 1 heterocycles. The fraction of sp³-hybridized carbons (Fsp3) is 0.154. The van der Waals surface area contributed by atoms with Gasteiger partial charge in [0, 0.05) is 12.6 Å². The van der Waals surface area contributed by atoms with Gasteiger partial charge in [0.15, 0.2) is 0 Å². The van der Waals surface area contributed by atoms with Gasteiger partial charge in [-0.15, -0.1) is 11.8 Å². The summed E-state index contributed by atoms with van der Waals surface area (Å²) in [5.74, 6) is 0.694. The number of aromatic nitrogens is 2. The number of nitrogens with zero attached hydrogens (tertiary/aromatic N) is 3. The second-order valence-electron chi connectivity index (χ2n) is 3.56. The summed E-state index contributed by atoms with van der Waals surface area (Å²) < 4.78 is 5.16. The van der Waals surface area contributed by atoms with Crippen molar-refractivity contribution < 1.29 is 4.52 Å². The molecule has 1 aromatic heterocycles. The topological polar surface area (TPSA) is 74.7 Å². The summed E-state index contributed by atoms with van der Waals surface area (Å²) in [5, 5.41) is 16.7. The number of hydrogen-bond acceptors (Lipinski definition) is 6. The van der Waals surface area contributed by atoms with Crippen LogP contribution in [0.5, 0.6) is 0 Å². The van der Waals surface area contributed by atoms with Crippen LogP contribution in [0.25, 0.3) is 17.0 Å². The lowest BCUT2D eigenvalue weighted by Crippen LogP contribution is -2.04. The second kappa shape index (κ2) is 6.07. The van der Waals surface area contributed by atoms with Gasteiger partial charge in [-0.2, -0.15) is 10.2 Å². The van der Waals surface area contributed by atoms with E-state index in [9.17, 15) is 5.26 Å². The first-order chi connectivity index (χ1) is 9.30. The molecule has 0 fully saturated rings. The van der Waals surface area contributed by atoms with Crippen LogP contribution < -0.4 is 5.32 Å². The first-order valence-corrected chi connectivity index (χ1v) is 6.78. The van der Waals surface area contributed by atoms with E-state index in [0.29, 0.717) is 16.4 Å². The van der Waals surface area contributed by atoms with Crippen molar-refractivity contribution in [2.24, 2.45) is 0 Å². The van der Waals surface area contributed by atoms with E-state index in [-0.39, 0.29) is 5.89 Å². The minimum Gasteiger partial charge on any atom is -0.382 e. The van der Waals surface area contributed by atoms with Crippen LogP contribution >= 0.6 is 11.8 Å². The highest BCUT2D eigenvalue weighted by molar-refractivity contribution is 8.02. The van der Waals surface area contributed by atoms with E-state index in [1.54, 1.807) is 7.05 Å². The summed E-state index contributed by atoms with van der Waals surface area (Å²) in [7, 11) is 1.75. The molecule has 0 radical (unpaired) electrons. The van der Waals surface area contributed by atoms with Gasteiger partial charge < -0.3 is 9.84 Å². The Kier molecular flexibility index (Phi) is 4.21. The molecule has 0 saturated heterocycles. The van der Waals surface area contributed by atoms with E-state index in [4.69, 9.17) is 4.52 Å². The van der Waals surface area contributed by atoms with Crippen molar-refractivity contribution >= 4 is 17.3 Å². The maximum Gasteiger partial charge on any atom is 0.271 e. The van der Waals surface area contributed by atoms with Gasteiger partial charge in [0.25, 0.3) is 5.89 Å². The lowest BCUT2D eigenvalue weighted by Gasteiger charge is -2.02. The van der Waals surface area contributed by atoms with E-state index in [1.165, 1.54) is 11.8 Å². The Hall–Kier alpha value is -2.26.